The molecule has 0 aliphatic heterocycles. The fourth-order valence-corrected chi connectivity index (χ4v) is 1.66. The molecular weight excluding hydrogens is 192 g/mol. The molecule has 0 aromatic carbocycles. The first-order valence-electron chi connectivity index (χ1n) is 3.47. The van der Waals surface area contributed by atoms with Gasteiger partial charge in [0.2, 0.25) is 0 Å². The third kappa shape index (κ3) is 2.51. The largest absolute Gasteiger partial charge is 0.389 e. The maximum absolute atomic E-state index is 5.43. The maximum atomic E-state index is 5.43. The van der Waals surface area contributed by atoms with E-state index in [1.807, 2.05) is 0 Å². The quantitative estimate of drug-likeness (QED) is 0.739. The van der Waals surface area contributed by atoms with Gasteiger partial charge in [-0.05, 0) is 0 Å². The molecule has 0 unspecified atom stereocenters. The average Bonchev–Trinajstić information content (AvgIpc) is 2.48. The van der Waals surface area contributed by atoms with Crippen molar-refractivity contribution in [2.45, 2.75) is 6.42 Å². The molecule has 2 N–H and O–H groups in total. The van der Waals surface area contributed by atoms with E-state index in [-0.39, 0.29) is 0 Å². The highest BCUT2D eigenvalue weighted by molar-refractivity contribution is 7.81. The van der Waals surface area contributed by atoms with Gasteiger partial charge in [0.25, 0.3) is 0 Å². The molecule has 0 saturated heterocycles. The van der Waals surface area contributed by atoms with Crippen LogP contribution in [0.2, 0.25) is 0 Å². The summed E-state index contributed by atoms with van der Waals surface area (Å²) in [5.74, 6) is 0. The van der Waals surface area contributed by atoms with E-state index in [9.17, 15) is 0 Å². The molecule has 1 aromatic heterocycles. The fourth-order valence-electron chi connectivity index (χ4n) is 0.729. The van der Waals surface area contributed by atoms with Crippen molar-refractivity contribution in [1.29, 1.82) is 0 Å². The topological polar surface area (TPSA) is 48.1 Å². The molecular formula is C7H10N2OS2. The van der Waals surface area contributed by atoms with Crippen molar-refractivity contribution in [2.75, 3.05) is 13.7 Å². The van der Waals surface area contributed by atoms with E-state index >= 15 is 0 Å². The predicted molar refractivity (Wildman–Crippen MR) is 53.6 cm³/mol. The number of rotatable bonds is 4. The Labute approximate surface area is 80.6 Å². The molecule has 0 bridgehead atoms. The summed E-state index contributed by atoms with van der Waals surface area (Å²) in [7, 11) is 1.67. The van der Waals surface area contributed by atoms with Crippen LogP contribution in [0, 0.1) is 0 Å². The molecule has 0 atom stereocenters. The Morgan fingerprint density at radius 3 is 3.08 bits per heavy atom. The van der Waals surface area contributed by atoms with Gasteiger partial charge < -0.3 is 10.5 Å². The lowest BCUT2D eigenvalue weighted by Crippen LogP contribution is -2.06. The van der Waals surface area contributed by atoms with Crippen LogP contribution < -0.4 is 5.73 Å². The molecule has 1 aromatic rings. The Morgan fingerprint density at radius 1 is 1.83 bits per heavy atom. The van der Waals surface area contributed by atoms with Crippen LogP contribution in [0.15, 0.2) is 6.20 Å². The molecule has 0 aliphatic carbocycles. The van der Waals surface area contributed by atoms with Gasteiger partial charge >= 0.3 is 0 Å². The van der Waals surface area contributed by atoms with Crippen LogP contribution in [0.4, 0.5) is 0 Å². The Hall–Kier alpha value is -0.520. The third-order valence-electron chi connectivity index (χ3n) is 1.32. The van der Waals surface area contributed by atoms with Gasteiger partial charge in [-0.2, -0.15) is 0 Å². The zero-order valence-electron chi connectivity index (χ0n) is 6.74. The number of hydrogen-bond acceptors (Lipinski definition) is 4. The molecule has 66 valence electrons. The average molecular weight is 202 g/mol. The van der Waals surface area contributed by atoms with E-state index < -0.39 is 0 Å². The highest BCUT2D eigenvalue weighted by Crippen LogP contribution is 2.12. The Balaban J connectivity index is 2.58. The number of thiocarbonyl (C=S) groups is 1. The van der Waals surface area contributed by atoms with Crippen molar-refractivity contribution in [1.82, 2.24) is 4.98 Å². The lowest BCUT2D eigenvalue weighted by Gasteiger charge is -1.92. The van der Waals surface area contributed by atoms with Crippen LogP contribution in [0.3, 0.4) is 0 Å². The predicted octanol–water partition coefficient (Wildman–Crippen LogP) is 0.966. The summed E-state index contributed by atoms with van der Waals surface area (Å²) in [5.41, 5.74) is 5.43. The molecule has 12 heavy (non-hydrogen) atoms. The van der Waals surface area contributed by atoms with Gasteiger partial charge in [-0.3, -0.25) is 0 Å². The molecule has 1 rings (SSSR count). The molecule has 5 heteroatoms. The van der Waals surface area contributed by atoms with Crippen molar-refractivity contribution in [2.24, 2.45) is 5.73 Å². The van der Waals surface area contributed by atoms with E-state index in [0.29, 0.717) is 11.6 Å². The summed E-state index contributed by atoms with van der Waals surface area (Å²) in [6.07, 6.45) is 2.53. The molecule has 0 amide bonds. The van der Waals surface area contributed by atoms with Crippen LogP contribution in [0.5, 0.6) is 0 Å². The molecule has 0 radical (unpaired) electrons. The summed E-state index contributed by atoms with van der Waals surface area (Å²) < 4.78 is 4.92. The number of methoxy groups -OCH3 is 1. The SMILES string of the molecule is COCCc1ncc(C(N)=S)s1. The van der Waals surface area contributed by atoms with Crippen LogP contribution in [-0.4, -0.2) is 23.7 Å². The standard InChI is InChI=1S/C7H10N2OS2/c1-10-3-2-6-9-4-5(12-6)7(8)11/h4H,2-3H2,1H3,(H2,8,11). The number of aromatic nitrogens is 1. The number of thiazole rings is 1. The molecule has 0 spiro atoms. The lowest BCUT2D eigenvalue weighted by molar-refractivity contribution is 0.202. The molecule has 0 fully saturated rings. The number of nitrogens with zero attached hydrogens (tertiary/aromatic N) is 1. The minimum absolute atomic E-state index is 0.413. The summed E-state index contributed by atoms with van der Waals surface area (Å²) in [5, 5.41) is 1.01. The first kappa shape index (κ1) is 9.57. The van der Waals surface area contributed by atoms with Crippen molar-refractivity contribution < 1.29 is 4.74 Å². The van der Waals surface area contributed by atoms with Crippen molar-refractivity contribution in [3.05, 3.63) is 16.1 Å². The number of nitrogens with two attached hydrogens (primary N) is 1. The second-order valence-electron chi connectivity index (χ2n) is 2.23. The molecule has 1 heterocycles. The van der Waals surface area contributed by atoms with Gasteiger partial charge in [-0.1, -0.05) is 12.2 Å². The summed E-state index contributed by atoms with van der Waals surface area (Å²) in [6.45, 7) is 0.685. The van der Waals surface area contributed by atoms with Gasteiger partial charge in [-0.15, -0.1) is 11.3 Å². The van der Waals surface area contributed by atoms with E-state index in [4.69, 9.17) is 22.7 Å². The van der Waals surface area contributed by atoms with Gasteiger partial charge in [0.15, 0.2) is 0 Å². The lowest BCUT2D eigenvalue weighted by atomic mass is 10.5. The van der Waals surface area contributed by atoms with Crippen molar-refractivity contribution in [3.63, 3.8) is 0 Å². The fraction of sp³-hybridized carbons (Fsp3) is 0.429. The second kappa shape index (κ2) is 4.49. The number of ether oxygens (including phenoxy) is 1. The monoisotopic (exact) mass is 202 g/mol. The number of hydrogen-bond donors (Lipinski definition) is 1. The van der Waals surface area contributed by atoms with Crippen LogP contribution in [-0.2, 0) is 11.2 Å². The normalized spacial score (nSPS) is 10.1. The first-order chi connectivity index (χ1) is 5.74. The van der Waals surface area contributed by atoms with Crippen LogP contribution in [0.1, 0.15) is 9.88 Å². The van der Waals surface area contributed by atoms with Gasteiger partial charge in [0.05, 0.1) is 16.5 Å². The van der Waals surface area contributed by atoms with Gasteiger partial charge in [0.1, 0.15) is 4.99 Å². The minimum Gasteiger partial charge on any atom is -0.389 e. The van der Waals surface area contributed by atoms with E-state index in [1.54, 1.807) is 13.3 Å². The minimum atomic E-state index is 0.413. The highest BCUT2D eigenvalue weighted by atomic mass is 32.1. The van der Waals surface area contributed by atoms with Crippen LogP contribution in [0.25, 0.3) is 0 Å². The van der Waals surface area contributed by atoms with Gasteiger partial charge in [-0.25, -0.2) is 4.98 Å². The summed E-state index contributed by atoms with van der Waals surface area (Å²) >= 11 is 6.33. The van der Waals surface area contributed by atoms with E-state index in [1.165, 1.54) is 11.3 Å². The molecule has 0 aliphatic rings. The Morgan fingerprint density at radius 2 is 2.58 bits per heavy atom. The first-order valence-corrected chi connectivity index (χ1v) is 4.70. The maximum Gasteiger partial charge on any atom is 0.115 e. The second-order valence-corrected chi connectivity index (χ2v) is 3.78. The highest BCUT2D eigenvalue weighted by Gasteiger charge is 2.02. The smallest absolute Gasteiger partial charge is 0.115 e. The molecule has 0 saturated carbocycles. The Bertz CT molecular complexity index is 272. The van der Waals surface area contributed by atoms with Crippen molar-refractivity contribution in [3.8, 4) is 0 Å². The summed E-state index contributed by atoms with van der Waals surface area (Å²) in [4.78, 5) is 5.43. The van der Waals surface area contributed by atoms with Crippen LogP contribution >= 0.6 is 23.6 Å². The van der Waals surface area contributed by atoms with E-state index in [2.05, 4.69) is 4.98 Å². The van der Waals surface area contributed by atoms with Crippen molar-refractivity contribution >= 4 is 28.5 Å². The Kier molecular flexibility index (Phi) is 3.58. The third-order valence-corrected chi connectivity index (χ3v) is 2.76. The zero-order chi connectivity index (χ0) is 8.97. The van der Waals surface area contributed by atoms with Gasteiger partial charge in [0, 0.05) is 19.7 Å². The van der Waals surface area contributed by atoms with E-state index in [0.717, 1.165) is 16.3 Å². The zero-order valence-corrected chi connectivity index (χ0v) is 8.37. The molecule has 3 nitrogen and oxygen atoms in total. The summed E-state index contributed by atoms with van der Waals surface area (Å²) in [6, 6.07) is 0.